The molecule has 0 rings (SSSR count). The van der Waals surface area contributed by atoms with Crippen LogP contribution in [-0.4, -0.2) is 16.4 Å². The van der Waals surface area contributed by atoms with Crippen LogP contribution in [0.1, 0.15) is 0 Å². The number of nitriles is 1. The largest absolute Gasteiger partial charge is 0.503 e. The molecular formula is C2H4N2O3. The molecule has 0 amide bonds. The maximum absolute atomic E-state index is 8.56. The van der Waals surface area contributed by atoms with Gasteiger partial charge >= 0.3 is 6.16 Å². The Bertz CT molecular complexity index is 79.4. The van der Waals surface area contributed by atoms with Gasteiger partial charge in [-0.05, 0) is 0 Å². The molecular weight excluding hydrogens is 100 g/mol. The summed E-state index contributed by atoms with van der Waals surface area (Å²) in [6.45, 7) is 0. The van der Waals surface area contributed by atoms with E-state index in [0.29, 0.717) is 0 Å². The summed E-state index contributed by atoms with van der Waals surface area (Å²) in [5.41, 5.74) is 4.15. The molecule has 5 nitrogen and oxygen atoms in total. The van der Waals surface area contributed by atoms with E-state index < -0.39 is 6.16 Å². The third kappa shape index (κ3) is 14.4. The molecule has 4 N–H and O–H groups in total. The van der Waals surface area contributed by atoms with Gasteiger partial charge in [-0.15, -0.1) is 0 Å². The number of nitrogens with two attached hydrogens (primary N) is 1. The monoisotopic (exact) mass is 104 g/mol. The Morgan fingerprint density at radius 3 is 1.71 bits per heavy atom. The van der Waals surface area contributed by atoms with Crippen LogP contribution in [0.25, 0.3) is 0 Å². The topological polar surface area (TPSA) is 107 Å². The Kier molecular flexibility index (Phi) is 11.5. The van der Waals surface area contributed by atoms with Crippen molar-refractivity contribution in [2.45, 2.75) is 0 Å². The molecule has 0 aliphatic carbocycles. The Labute approximate surface area is 39.6 Å². The number of carboxylic acid groups (broad SMARTS) is 2. The van der Waals surface area contributed by atoms with Gasteiger partial charge in [0.05, 0.1) is 0 Å². The summed E-state index contributed by atoms with van der Waals surface area (Å²) in [6, 6.07) is 0. The van der Waals surface area contributed by atoms with Crippen LogP contribution in [0.15, 0.2) is 0 Å². The second-order valence-electron chi connectivity index (χ2n) is 0.412. The highest BCUT2D eigenvalue weighted by atomic mass is 16.6. The van der Waals surface area contributed by atoms with Crippen LogP contribution < -0.4 is 5.73 Å². The van der Waals surface area contributed by atoms with Gasteiger partial charge in [-0.2, -0.15) is 5.26 Å². The third-order valence-electron chi connectivity index (χ3n) is 0. The molecule has 0 aliphatic rings. The van der Waals surface area contributed by atoms with E-state index in [1.807, 2.05) is 0 Å². The van der Waals surface area contributed by atoms with E-state index in [2.05, 4.69) is 5.73 Å². The molecule has 0 aromatic heterocycles. The second kappa shape index (κ2) is 8.82. The summed E-state index contributed by atoms with van der Waals surface area (Å²) < 4.78 is 0. The van der Waals surface area contributed by atoms with Crippen molar-refractivity contribution < 1.29 is 15.0 Å². The normalized spacial score (nSPS) is 4.43. The molecule has 0 radical (unpaired) electrons. The van der Waals surface area contributed by atoms with Gasteiger partial charge in [-0.25, -0.2) is 4.79 Å². The van der Waals surface area contributed by atoms with Crippen LogP contribution in [0, 0.1) is 11.5 Å². The van der Waals surface area contributed by atoms with E-state index >= 15 is 0 Å². The minimum Gasteiger partial charge on any atom is -0.450 e. The van der Waals surface area contributed by atoms with Crippen LogP contribution in [0.4, 0.5) is 4.79 Å². The number of carbonyl (C=O) groups is 1. The van der Waals surface area contributed by atoms with Gasteiger partial charge in [-0.1, -0.05) is 0 Å². The van der Waals surface area contributed by atoms with E-state index in [0.717, 1.165) is 0 Å². The predicted molar refractivity (Wildman–Crippen MR) is 20.5 cm³/mol. The van der Waals surface area contributed by atoms with Crippen molar-refractivity contribution in [2.24, 2.45) is 5.73 Å². The first-order valence-electron chi connectivity index (χ1n) is 1.16. The van der Waals surface area contributed by atoms with Crippen molar-refractivity contribution in [2.75, 3.05) is 0 Å². The fourth-order valence-electron chi connectivity index (χ4n) is 0. The van der Waals surface area contributed by atoms with Crippen LogP contribution in [0.5, 0.6) is 0 Å². The average molecular weight is 104 g/mol. The molecule has 0 aliphatic heterocycles. The molecule has 0 aromatic carbocycles. The lowest BCUT2D eigenvalue weighted by atomic mass is 11.5. The smallest absolute Gasteiger partial charge is 0.450 e. The van der Waals surface area contributed by atoms with E-state index in [4.69, 9.17) is 20.3 Å². The third-order valence-corrected chi connectivity index (χ3v) is 0. The highest BCUT2D eigenvalue weighted by molar-refractivity contribution is 5.53. The van der Waals surface area contributed by atoms with Gasteiger partial charge in [-0.3, -0.25) is 0 Å². The molecule has 5 heteroatoms. The van der Waals surface area contributed by atoms with Gasteiger partial charge < -0.3 is 15.9 Å². The lowest BCUT2D eigenvalue weighted by Crippen LogP contribution is -1.81. The number of hydrogen-bond acceptors (Lipinski definition) is 3. The van der Waals surface area contributed by atoms with Crippen molar-refractivity contribution in [3.63, 3.8) is 0 Å². The van der Waals surface area contributed by atoms with Crippen LogP contribution in [0.2, 0.25) is 0 Å². The van der Waals surface area contributed by atoms with Crippen LogP contribution in [-0.2, 0) is 0 Å². The Morgan fingerprint density at radius 2 is 1.71 bits per heavy atom. The lowest BCUT2D eigenvalue weighted by molar-refractivity contribution is 0.137. The molecule has 7 heavy (non-hydrogen) atoms. The maximum atomic E-state index is 8.56. The molecule has 0 aromatic rings. The van der Waals surface area contributed by atoms with Crippen LogP contribution >= 0.6 is 0 Å². The van der Waals surface area contributed by atoms with Crippen molar-refractivity contribution >= 4 is 6.16 Å². The summed E-state index contributed by atoms with van der Waals surface area (Å²) in [4.78, 5) is 8.56. The summed E-state index contributed by atoms with van der Waals surface area (Å²) in [5, 5.41) is 21.0. The quantitative estimate of drug-likeness (QED) is 0.287. The first-order valence-corrected chi connectivity index (χ1v) is 1.16. The zero-order chi connectivity index (χ0) is 6.28. The fraction of sp³-hybridized carbons (Fsp3) is 0. The van der Waals surface area contributed by atoms with Crippen molar-refractivity contribution in [3.05, 3.63) is 0 Å². The zero-order valence-electron chi connectivity index (χ0n) is 3.33. The van der Waals surface area contributed by atoms with E-state index in [1.165, 1.54) is 6.19 Å². The minimum atomic E-state index is -1.83. The van der Waals surface area contributed by atoms with Gasteiger partial charge in [0.1, 0.15) is 0 Å². The Morgan fingerprint density at radius 1 is 1.71 bits per heavy atom. The van der Waals surface area contributed by atoms with E-state index in [9.17, 15) is 0 Å². The number of nitrogens with zero attached hydrogens (tertiary/aromatic N) is 1. The van der Waals surface area contributed by atoms with E-state index in [1.54, 1.807) is 0 Å². The van der Waals surface area contributed by atoms with Gasteiger partial charge in [0.2, 0.25) is 0 Å². The molecule has 0 atom stereocenters. The van der Waals surface area contributed by atoms with Crippen LogP contribution in [0.3, 0.4) is 0 Å². The minimum absolute atomic E-state index is 1.25. The highest BCUT2D eigenvalue weighted by Gasteiger charge is 1.70. The molecule has 0 heterocycles. The highest BCUT2D eigenvalue weighted by Crippen LogP contribution is 1.42. The zero-order valence-corrected chi connectivity index (χ0v) is 3.33. The SMILES string of the molecule is N#CN.O=C(O)O. The second-order valence-corrected chi connectivity index (χ2v) is 0.412. The number of hydrogen-bond donors (Lipinski definition) is 3. The molecule has 0 saturated heterocycles. The average Bonchev–Trinajstić information content (AvgIpc) is 1.33. The predicted octanol–water partition coefficient (Wildman–Crippen LogP) is -0.351. The Balaban J connectivity index is 0. The summed E-state index contributed by atoms with van der Waals surface area (Å²) in [5.74, 6) is 0. The van der Waals surface area contributed by atoms with Crippen molar-refractivity contribution in [1.29, 1.82) is 5.26 Å². The first kappa shape index (κ1) is 9.12. The molecule has 40 valence electrons. The molecule has 0 saturated carbocycles. The summed E-state index contributed by atoms with van der Waals surface area (Å²) >= 11 is 0. The molecule has 0 fully saturated rings. The maximum Gasteiger partial charge on any atom is 0.503 e. The first-order chi connectivity index (χ1) is 3.15. The Hall–Kier alpha value is -1.44. The van der Waals surface area contributed by atoms with Crippen molar-refractivity contribution in [1.82, 2.24) is 0 Å². The van der Waals surface area contributed by atoms with Gasteiger partial charge in [0.15, 0.2) is 6.19 Å². The molecule has 0 unspecified atom stereocenters. The summed E-state index contributed by atoms with van der Waals surface area (Å²) in [7, 11) is 0. The molecule has 0 bridgehead atoms. The molecule has 0 spiro atoms. The van der Waals surface area contributed by atoms with Gasteiger partial charge in [0, 0.05) is 0 Å². The lowest BCUT2D eigenvalue weighted by Gasteiger charge is -1.60. The van der Waals surface area contributed by atoms with Gasteiger partial charge in [0.25, 0.3) is 0 Å². The van der Waals surface area contributed by atoms with E-state index in [-0.39, 0.29) is 0 Å². The standard InChI is InChI=1S/CH2N2.CH2O3/c2-1-3;2-1(3)4/h2H2;(H2,2,3,4). The van der Waals surface area contributed by atoms with Crippen molar-refractivity contribution in [3.8, 4) is 6.19 Å². The fourth-order valence-corrected chi connectivity index (χ4v) is 0. The number of rotatable bonds is 0. The summed E-state index contributed by atoms with van der Waals surface area (Å²) in [6.07, 6.45) is -0.583.